The summed E-state index contributed by atoms with van der Waals surface area (Å²) in [5.74, 6) is 1.21. The van der Waals surface area contributed by atoms with Crippen molar-refractivity contribution in [3.8, 4) is 34.2 Å². The van der Waals surface area contributed by atoms with Crippen LogP contribution in [0.4, 0.5) is 0 Å². The second kappa shape index (κ2) is 10.5. The Morgan fingerprint density at radius 2 is 1.11 bits per heavy atom. The summed E-state index contributed by atoms with van der Waals surface area (Å²) in [7, 11) is 0. The molecule has 6 aromatic heterocycles. The Kier molecular flexibility index (Phi) is 6.98. The van der Waals surface area contributed by atoms with Gasteiger partial charge in [-0.25, -0.2) is 0 Å². The second-order valence-corrected chi connectivity index (χ2v) is 8.69. The SMILES string of the molecule is CC(C)(c1ccc(-c2cnccn2)c(-n2[c-]ccn2)n1)c1ccc(-c2cnccn2)c(-n2[c-]ccn2)n1.[Pt+2]. The maximum absolute atomic E-state index is 5.02. The van der Waals surface area contributed by atoms with E-state index in [0.29, 0.717) is 23.0 Å². The van der Waals surface area contributed by atoms with E-state index in [4.69, 9.17) is 9.97 Å². The molecule has 188 valence electrons. The van der Waals surface area contributed by atoms with Gasteiger partial charge in [-0.3, -0.25) is 40.1 Å². The molecule has 0 N–H and O–H groups in total. The van der Waals surface area contributed by atoms with Crippen molar-refractivity contribution in [2.24, 2.45) is 0 Å². The zero-order valence-electron chi connectivity index (χ0n) is 20.4. The summed E-state index contributed by atoms with van der Waals surface area (Å²) in [5.41, 5.74) is 4.01. The third kappa shape index (κ3) is 4.66. The van der Waals surface area contributed by atoms with Crippen molar-refractivity contribution in [3.63, 3.8) is 0 Å². The van der Waals surface area contributed by atoms with E-state index in [9.17, 15) is 0 Å². The third-order valence-electron chi connectivity index (χ3n) is 6.02. The average Bonchev–Trinajstić information content (AvgIpc) is 3.69. The first kappa shape index (κ1) is 25.2. The Balaban J connectivity index is 0.00000294. The molecule has 0 spiro atoms. The van der Waals surface area contributed by atoms with Gasteiger partial charge in [-0.2, -0.15) is 0 Å². The summed E-state index contributed by atoms with van der Waals surface area (Å²) in [6.45, 7) is 4.16. The van der Waals surface area contributed by atoms with Gasteiger partial charge in [0.1, 0.15) is 0 Å². The molecule has 11 heteroatoms. The van der Waals surface area contributed by atoms with E-state index in [0.717, 1.165) is 22.5 Å². The minimum atomic E-state index is -0.578. The molecule has 6 aromatic rings. The molecule has 0 unspecified atom stereocenters. The summed E-state index contributed by atoms with van der Waals surface area (Å²) in [6, 6.07) is 11.4. The van der Waals surface area contributed by atoms with Crippen LogP contribution in [-0.4, -0.2) is 49.5 Å². The normalized spacial score (nSPS) is 11.2. The molecule has 0 fully saturated rings. The summed E-state index contributed by atoms with van der Waals surface area (Å²) >= 11 is 0. The van der Waals surface area contributed by atoms with E-state index in [-0.39, 0.29) is 21.1 Å². The standard InChI is InChI=1S/C27H20N10.Pt/c1-27(2,23-7-5-19(21-17-28-11-13-30-21)25(34-23)36-15-3-9-32-36)24-8-6-20(22-18-29-12-14-31-22)26(35-24)37-16-4-10-33-37;/h3-14,17-18H,1-2H3;/q-2;+2. The molecule has 38 heavy (non-hydrogen) atoms. The van der Waals surface area contributed by atoms with Gasteiger partial charge >= 0.3 is 21.1 Å². The van der Waals surface area contributed by atoms with E-state index in [1.807, 2.05) is 24.3 Å². The number of rotatable bonds is 6. The van der Waals surface area contributed by atoms with E-state index in [1.54, 1.807) is 71.1 Å². The zero-order valence-corrected chi connectivity index (χ0v) is 22.6. The van der Waals surface area contributed by atoms with Crippen molar-refractivity contribution in [2.75, 3.05) is 0 Å². The topological polar surface area (TPSA) is 113 Å². The molecular formula is C27H20N10Pt. The van der Waals surface area contributed by atoms with Crippen LogP contribution in [0.5, 0.6) is 0 Å². The summed E-state index contributed by atoms with van der Waals surface area (Å²) in [6.07, 6.45) is 19.5. The minimum absolute atomic E-state index is 0. The molecule has 0 aromatic carbocycles. The zero-order chi connectivity index (χ0) is 25.2. The van der Waals surface area contributed by atoms with Crippen LogP contribution in [0.1, 0.15) is 25.2 Å². The van der Waals surface area contributed by atoms with Crippen LogP contribution in [0.15, 0.2) is 86.0 Å². The molecule has 0 aliphatic rings. The van der Waals surface area contributed by atoms with Gasteiger partial charge in [-0.1, -0.05) is 36.9 Å². The van der Waals surface area contributed by atoms with Crippen LogP contribution >= 0.6 is 0 Å². The first-order chi connectivity index (χ1) is 18.1. The van der Waals surface area contributed by atoms with Crippen molar-refractivity contribution >= 4 is 0 Å². The molecule has 0 radical (unpaired) electrons. The molecule has 0 atom stereocenters. The fraction of sp³-hybridized carbons (Fsp3) is 0.111. The monoisotopic (exact) mass is 679 g/mol. The van der Waals surface area contributed by atoms with Crippen LogP contribution in [0.3, 0.4) is 0 Å². The van der Waals surface area contributed by atoms with Gasteiger partial charge in [0.25, 0.3) is 0 Å². The number of hydrogen-bond acceptors (Lipinski definition) is 8. The van der Waals surface area contributed by atoms with Crippen molar-refractivity contribution in [1.82, 2.24) is 49.5 Å². The fourth-order valence-corrected chi connectivity index (χ4v) is 4.03. The molecule has 0 saturated heterocycles. The first-order valence-electron chi connectivity index (χ1n) is 11.5. The van der Waals surface area contributed by atoms with Crippen LogP contribution in [-0.2, 0) is 26.5 Å². The second-order valence-electron chi connectivity index (χ2n) is 8.69. The Labute approximate surface area is 233 Å². The van der Waals surface area contributed by atoms with E-state index < -0.39 is 5.41 Å². The molecule has 0 aliphatic carbocycles. The molecular weight excluding hydrogens is 659 g/mol. The molecule has 6 heterocycles. The Morgan fingerprint density at radius 3 is 1.47 bits per heavy atom. The van der Waals surface area contributed by atoms with Gasteiger partial charge in [0.05, 0.1) is 35.4 Å². The van der Waals surface area contributed by atoms with E-state index in [1.165, 1.54) is 0 Å². The summed E-state index contributed by atoms with van der Waals surface area (Å²) in [5, 5.41) is 8.74. The maximum atomic E-state index is 5.02. The van der Waals surface area contributed by atoms with Gasteiger partial charge in [0.15, 0.2) is 0 Å². The van der Waals surface area contributed by atoms with Gasteiger partial charge in [-0.15, -0.1) is 12.1 Å². The van der Waals surface area contributed by atoms with Gasteiger partial charge < -0.3 is 9.36 Å². The third-order valence-corrected chi connectivity index (χ3v) is 6.02. The fourth-order valence-electron chi connectivity index (χ4n) is 4.03. The van der Waals surface area contributed by atoms with Crippen LogP contribution < -0.4 is 0 Å². The van der Waals surface area contributed by atoms with E-state index in [2.05, 4.69) is 56.4 Å². The predicted octanol–water partition coefficient (Wildman–Crippen LogP) is 3.69. The van der Waals surface area contributed by atoms with Crippen molar-refractivity contribution in [3.05, 3.63) is 110 Å². The number of pyridine rings is 2. The number of aromatic nitrogens is 10. The molecule has 0 amide bonds. The van der Waals surface area contributed by atoms with Gasteiger partial charge in [0, 0.05) is 41.6 Å². The van der Waals surface area contributed by atoms with E-state index >= 15 is 0 Å². The number of nitrogens with zero attached hydrogens (tertiary/aromatic N) is 10. The predicted molar refractivity (Wildman–Crippen MR) is 135 cm³/mol. The molecule has 0 saturated carbocycles. The summed E-state index contributed by atoms with van der Waals surface area (Å²) in [4.78, 5) is 27.4. The molecule has 10 nitrogen and oxygen atoms in total. The van der Waals surface area contributed by atoms with Crippen molar-refractivity contribution in [2.45, 2.75) is 19.3 Å². The molecule has 0 bridgehead atoms. The van der Waals surface area contributed by atoms with Gasteiger partial charge in [-0.05, 0) is 37.1 Å². The van der Waals surface area contributed by atoms with Gasteiger partial charge in [0.2, 0.25) is 0 Å². The molecule has 0 aliphatic heterocycles. The van der Waals surface area contributed by atoms with Crippen LogP contribution in [0.25, 0.3) is 34.2 Å². The summed E-state index contributed by atoms with van der Waals surface area (Å²) < 4.78 is 3.22. The largest absolute Gasteiger partial charge is 2.00 e. The minimum Gasteiger partial charge on any atom is -0.343 e. The average molecular weight is 680 g/mol. The first-order valence-corrected chi connectivity index (χ1v) is 11.5. The quantitative estimate of drug-likeness (QED) is 0.245. The maximum Gasteiger partial charge on any atom is 2.00 e. The Bertz CT molecular complexity index is 1510. The van der Waals surface area contributed by atoms with Crippen molar-refractivity contribution in [1.29, 1.82) is 0 Å². The Morgan fingerprint density at radius 1 is 0.632 bits per heavy atom. The van der Waals surface area contributed by atoms with Crippen LogP contribution in [0, 0.1) is 12.4 Å². The number of hydrogen-bond donors (Lipinski definition) is 0. The Hall–Kier alpha value is -4.43. The smallest absolute Gasteiger partial charge is 0.343 e. The van der Waals surface area contributed by atoms with Crippen molar-refractivity contribution < 1.29 is 21.1 Å². The van der Waals surface area contributed by atoms with Crippen LogP contribution in [0.2, 0.25) is 0 Å². The molecule has 6 rings (SSSR count).